The van der Waals surface area contributed by atoms with E-state index >= 15 is 0 Å². The van der Waals surface area contributed by atoms with E-state index in [9.17, 15) is 14.4 Å². The molecule has 0 amide bonds. The Bertz CT molecular complexity index is 530. The number of ketones is 3. The van der Waals surface area contributed by atoms with Crippen molar-refractivity contribution in [3.8, 4) is 0 Å². The van der Waals surface area contributed by atoms with Gasteiger partial charge in [-0.1, -0.05) is 24.3 Å². The highest BCUT2D eigenvalue weighted by Crippen LogP contribution is 2.36. The lowest BCUT2D eigenvalue weighted by Crippen LogP contribution is -2.44. The van der Waals surface area contributed by atoms with Crippen molar-refractivity contribution in [2.75, 3.05) is 0 Å². The average molecular weight is 228 g/mol. The molecule has 0 saturated heterocycles. The molecular formula is C14H12O3. The Hall–Kier alpha value is -1.77. The average Bonchev–Trinajstić information content (AvgIpc) is 2.34. The van der Waals surface area contributed by atoms with E-state index in [1.807, 2.05) is 12.1 Å². The smallest absolute Gasteiger partial charge is 0.209 e. The molecule has 2 unspecified atom stereocenters. The van der Waals surface area contributed by atoms with Gasteiger partial charge in [-0.25, -0.2) is 0 Å². The summed E-state index contributed by atoms with van der Waals surface area (Å²) < 4.78 is 0. The summed E-state index contributed by atoms with van der Waals surface area (Å²) in [5.74, 6) is -1.68. The minimum absolute atomic E-state index is 0.0302. The molecule has 3 nitrogen and oxygen atoms in total. The molecule has 0 aliphatic heterocycles. The van der Waals surface area contributed by atoms with Crippen LogP contribution in [0.25, 0.3) is 0 Å². The van der Waals surface area contributed by atoms with Crippen molar-refractivity contribution in [1.29, 1.82) is 0 Å². The first-order valence-electron chi connectivity index (χ1n) is 5.87. The SMILES string of the molecule is O=C1CCC2Cc3ccccc3C(=O)C2C1=O. The molecule has 2 atom stereocenters. The van der Waals surface area contributed by atoms with Gasteiger partial charge in [0.1, 0.15) is 0 Å². The van der Waals surface area contributed by atoms with Crippen LogP contribution in [0.3, 0.4) is 0 Å². The summed E-state index contributed by atoms with van der Waals surface area (Å²) in [6.45, 7) is 0. The van der Waals surface area contributed by atoms with E-state index in [4.69, 9.17) is 0 Å². The van der Waals surface area contributed by atoms with Crippen molar-refractivity contribution < 1.29 is 14.4 Å². The topological polar surface area (TPSA) is 51.2 Å². The summed E-state index contributed by atoms with van der Waals surface area (Å²) in [4.78, 5) is 35.4. The first kappa shape index (κ1) is 10.4. The molecule has 2 aliphatic carbocycles. The normalized spacial score (nSPS) is 27.6. The van der Waals surface area contributed by atoms with Crippen LogP contribution in [-0.4, -0.2) is 17.3 Å². The van der Waals surface area contributed by atoms with Gasteiger partial charge in [-0.3, -0.25) is 14.4 Å². The van der Waals surface area contributed by atoms with E-state index in [0.29, 0.717) is 18.4 Å². The summed E-state index contributed by atoms with van der Waals surface area (Å²) in [5.41, 5.74) is 1.64. The number of hydrogen-bond acceptors (Lipinski definition) is 3. The van der Waals surface area contributed by atoms with Gasteiger partial charge in [-0.15, -0.1) is 0 Å². The molecule has 0 spiro atoms. The molecule has 0 bridgehead atoms. The number of rotatable bonds is 0. The number of hydrogen-bond donors (Lipinski definition) is 0. The van der Waals surface area contributed by atoms with Crippen LogP contribution in [0.1, 0.15) is 28.8 Å². The van der Waals surface area contributed by atoms with Crippen LogP contribution in [0.5, 0.6) is 0 Å². The fraction of sp³-hybridized carbons (Fsp3) is 0.357. The molecule has 0 aromatic heterocycles. The van der Waals surface area contributed by atoms with Crippen LogP contribution < -0.4 is 0 Å². The molecule has 1 aromatic rings. The van der Waals surface area contributed by atoms with Gasteiger partial charge in [0.15, 0.2) is 11.6 Å². The van der Waals surface area contributed by atoms with E-state index in [-0.39, 0.29) is 17.5 Å². The Morgan fingerprint density at radius 1 is 1.00 bits per heavy atom. The van der Waals surface area contributed by atoms with E-state index in [2.05, 4.69) is 0 Å². The molecule has 17 heavy (non-hydrogen) atoms. The van der Waals surface area contributed by atoms with Crippen molar-refractivity contribution in [1.82, 2.24) is 0 Å². The summed E-state index contributed by atoms with van der Waals surface area (Å²) in [6.07, 6.45) is 1.70. The van der Waals surface area contributed by atoms with Crippen LogP contribution >= 0.6 is 0 Å². The quantitative estimate of drug-likeness (QED) is 0.500. The molecule has 0 heterocycles. The highest BCUT2D eigenvalue weighted by molar-refractivity contribution is 6.43. The molecule has 1 saturated carbocycles. The Morgan fingerprint density at radius 2 is 1.76 bits per heavy atom. The van der Waals surface area contributed by atoms with Gasteiger partial charge in [-0.2, -0.15) is 0 Å². The molecule has 0 radical (unpaired) electrons. The second-order valence-electron chi connectivity index (χ2n) is 4.79. The maximum atomic E-state index is 12.2. The molecular weight excluding hydrogens is 216 g/mol. The van der Waals surface area contributed by atoms with Gasteiger partial charge >= 0.3 is 0 Å². The van der Waals surface area contributed by atoms with E-state index in [0.717, 1.165) is 12.0 Å². The van der Waals surface area contributed by atoms with Crippen molar-refractivity contribution >= 4 is 17.3 Å². The predicted octanol–water partition coefficient (Wildman–Crippen LogP) is 1.59. The standard InChI is InChI=1S/C14H12O3/c15-11-6-5-9-7-8-3-1-2-4-10(8)13(16)12(9)14(11)17/h1-4,9,12H,5-7H2. The number of carbonyl (C=O) groups excluding carboxylic acids is 3. The van der Waals surface area contributed by atoms with E-state index < -0.39 is 11.7 Å². The first-order chi connectivity index (χ1) is 8.18. The third-order valence-electron chi connectivity index (χ3n) is 3.82. The zero-order chi connectivity index (χ0) is 12.0. The largest absolute Gasteiger partial charge is 0.293 e. The second kappa shape index (κ2) is 3.62. The van der Waals surface area contributed by atoms with Gasteiger partial charge in [0, 0.05) is 12.0 Å². The number of Topliss-reactive ketones (excluding diaryl/α,β-unsaturated/α-hetero) is 3. The zero-order valence-corrected chi connectivity index (χ0v) is 9.31. The third-order valence-corrected chi connectivity index (χ3v) is 3.82. The first-order valence-corrected chi connectivity index (χ1v) is 5.87. The fourth-order valence-corrected chi connectivity index (χ4v) is 2.94. The van der Waals surface area contributed by atoms with Crippen molar-refractivity contribution in [3.05, 3.63) is 35.4 Å². The Labute approximate surface area is 98.8 Å². The molecule has 1 aromatic carbocycles. The van der Waals surface area contributed by atoms with Gasteiger partial charge in [-0.05, 0) is 24.3 Å². The zero-order valence-electron chi connectivity index (χ0n) is 9.31. The lowest BCUT2D eigenvalue weighted by Gasteiger charge is -2.33. The van der Waals surface area contributed by atoms with Crippen LogP contribution in [0.15, 0.2) is 24.3 Å². The minimum atomic E-state index is -0.703. The van der Waals surface area contributed by atoms with Crippen LogP contribution in [0.2, 0.25) is 0 Å². The molecule has 1 fully saturated rings. The lowest BCUT2D eigenvalue weighted by atomic mass is 9.67. The highest BCUT2D eigenvalue weighted by Gasteiger charge is 2.45. The molecule has 86 valence electrons. The third kappa shape index (κ3) is 1.46. The Balaban J connectivity index is 2.07. The molecule has 0 N–H and O–H groups in total. The van der Waals surface area contributed by atoms with Gasteiger partial charge in [0.25, 0.3) is 0 Å². The van der Waals surface area contributed by atoms with Crippen molar-refractivity contribution in [2.45, 2.75) is 19.3 Å². The van der Waals surface area contributed by atoms with Crippen LogP contribution in [-0.2, 0) is 16.0 Å². The molecule has 3 rings (SSSR count). The Morgan fingerprint density at radius 3 is 2.59 bits per heavy atom. The second-order valence-corrected chi connectivity index (χ2v) is 4.79. The predicted molar refractivity (Wildman–Crippen MR) is 60.7 cm³/mol. The van der Waals surface area contributed by atoms with Gasteiger partial charge < -0.3 is 0 Å². The van der Waals surface area contributed by atoms with Gasteiger partial charge in [0.2, 0.25) is 5.78 Å². The van der Waals surface area contributed by atoms with E-state index in [1.165, 1.54) is 0 Å². The summed E-state index contributed by atoms with van der Waals surface area (Å²) in [5, 5.41) is 0. The van der Waals surface area contributed by atoms with Gasteiger partial charge in [0.05, 0.1) is 5.92 Å². The molecule has 2 aliphatic rings. The van der Waals surface area contributed by atoms with Crippen molar-refractivity contribution in [3.63, 3.8) is 0 Å². The van der Waals surface area contributed by atoms with Crippen molar-refractivity contribution in [2.24, 2.45) is 11.8 Å². The highest BCUT2D eigenvalue weighted by atomic mass is 16.2. The number of carbonyl (C=O) groups is 3. The molecule has 3 heteroatoms. The fourth-order valence-electron chi connectivity index (χ4n) is 2.94. The van der Waals surface area contributed by atoms with E-state index in [1.54, 1.807) is 12.1 Å². The van der Waals surface area contributed by atoms with Crippen LogP contribution in [0, 0.1) is 11.8 Å². The minimum Gasteiger partial charge on any atom is -0.293 e. The number of fused-ring (bicyclic) bond motifs is 2. The lowest BCUT2D eigenvalue weighted by molar-refractivity contribution is -0.141. The summed E-state index contributed by atoms with van der Waals surface area (Å²) in [7, 11) is 0. The van der Waals surface area contributed by atoms with Crippen LogP contribution in [0.4, 0.5) is 0 Å². The maximum absolute atomic E-state index is 12.2. The monoisotopic (exact) mass is 228 g/mol. The number of benzene rings is 1. The Kier molecular flexibility index (Phi) is 2.21. The maximum Gasteiger partial charge on any atom is 0.209 e. The summed E-state index contributed by atoms with van der Waals surface area (Å²) >= 11 is 0. The summed E-state index contributed by atoms with van der Waals surface area (Å²) in [6, 6.07) is 7.39.